The van der Waals surface area contributed by atoms with E-state index in [0.717, 1.165) is 116 Å². The topological polar surface area (TPSA) is 78.9 Å². The van der Waals surface area contributed by atoms with Crippen LogP contribution in [0.3, 0.4) is 0 Å². The molecule has 0 saturated carbocycles. The van der Waals surface area contributed by atoms with Crippen molar-refractivity contribution in [2.75, 3.05) is 13.2 Å². The summed E-state index contributed by atoms with van der Waals surface area (Å²) in [5, 5.41) is 0. The second-order valence-electron chi connectivity index (χ2n) is 19.5. The van der Waals surface area contributed by atoms with Gasteiger partial charge in [-0.1, -0.05) is 273 Å². The highest BCUT2D eigenvalue weighted by molar-refractivity contribution is 5.72. The van der Waals surface area contributed by atoms with Crippen molar-refractivity contribution in [3.8, 4) is 0 Å². The molecule has 0 amide bonds. The van der Waals surface area contributed by atoms with Crippen LogP contribution in [0.15, 0.2) is 194 Å². The third kappa shape index (κ3) is 63.0. The Labute approximate surface area is 484 Å². The van der Waals surface area contributed by atoms with Gasteiger partial charge in [0.25, 0.3) is 0 Å². The number of rotatable bonds is 53. The van der Waals surface area contributed by atoms with Crippen molar-refractivity contribution in [2.45, 2.75) is 232 Å². The Morgan fingerprint density at radius 1 is 0.266 bits per heavy atom. The number of allylic oxidation sites excluding steroid dienone is 31. The Morgan fingerprint density at radius 3 is 0.873 bits per heavy atom. The van der Waals surface area contributed by atoms with Crippen LogP contribution in [0.4, 0.5) is 0 Å². The Hall–Kier alpha value is -5.75. The van der Waals surface area contributed by atoms with E-state index in [2.05, 4.69) is 191 Å². The van der Waals surface area contributed by atoms with E-state index in [4.69, 9.17) is 14.2 Å². The summed E-state index contributed by atoms with van der Waals surface area (Å²) >= 11 is 0. The molecule has 0 aromatic heterocycles. The maximum atomic E-state index is 12.9. The minimum atomic E-state index is -0.872. The molecule has 0 heterocycles. The van der Waals surface area contributed by atoms with Crippen molar-refractivity contribution in [1.29, 1.82) is 0 Å². The zero-order valence-electron chi connectivity index (χ0n) is 50.0. The van der Waals surface area contributed by atoms with Gasteiger partial charge in [-0.25, -0.2) is 0 Å². The molecule has 0 fully saturated rings. The van der Waals surface area contributed by atoms with Crippen LogP contribution < -0.4 is 0 Å². The van der Waals surface area contributed by atoms with Gasteiger partial charge in [0.1, 0.15) is 13.2 Å². The molecule has 1 atom stereocenters. The largest absolute Gasteiger partial charge is 0.462 e. The molecule has 0 aliphatic heterocycles. The standard InChI is InChI=1S/C73H110O6/c1-4-7-10-13-16-19-22-25-28-30-32-33-34-35-36-37-38-39-41-42-45-48-51-54-57-60-63-66-72(75)78-69-70(68-77-71(74)65-62-59-56-53-50-47-44-27-24-21-18-15-12-9-6-3)79-73(76)67-64-61-58-55-52-49-46-43-40-31-29-26-23-20-17-14-11-8-5-2/h7-12,16-21,25-29,32-33,35-36,40,43-44,49-50,52-53,58-59,61-62,70H,4-6,13-15,22-24,30-31,34,37-39,41-42,45-48,51,54-57,60,63-69H2,1-3H3/b10-7-,11-8-,12-9-,19-16-,20-17-,21-18-,28-25-,29-26-,33-32-,36-35-,43-40-,44-27-,52-49-,53-50-,61-58-,62-59-. The second-order valence-corrected chi connectivity index (χ2v) is 19.5. The molecule has 0 aromatic rings. The van der Waals surface area contributed by atoms with Crippen LogP contribution in [0, 0.1) is 0 Å². The number of ether oxygens (including phenoxy) is 3. The predicted molar refractivity (Wildman–Crippen MR) is 343 cm³/mol. The molecule has 0 radical (unpaired) electrons. The number of esters is 3. The van der Waals surface area contributed by atoms with Crippen LogP contribution in [-0.4, -0.2) is 37.2 Å². The molecule has 6 nitrogen and oxygen atoms in total. The van der Waals surface area contributed by atoms with E-state index < -0.39 is 18.0 Å². The summed E-state index contributed by atoms with van der Waals surface area (Å²) in [5.41, 5.74) is 0. The van der Waals surface area contributed by atoms with E-state index in [-0.39, 0.29) is 32.0 Å². The predicted octanol–water partition coefficient (Wildman–Crippen LogP) is 21.4. The molecule has 79 heavy (non-hydrogen) atoms. The fourth-order valence-corrected chi connectivity index (χ4v) is 7.63. The quantitative estimate of drug-likeness (QED) is 0.0261. The van der Waals surface area contributed by atoms with Crippen LogP contribution in [0.2, 0.25) is 0 Å². The van der Waals surface area contributed by atoms with Gasteiger partial charge in [-0.05, 0) is 128 Å². The lowest BCUT2D eigenvalue weighted by Crippen LogP contribution is -2.30. The van der Waals surface area contributed by atoms with Crippen LogP contribution in [-0.2, 0) is 28.6 Å². The van der Waals surface area contributed by atoms with E-state index >= 15 is 0 Å². The van der Waals surface area contributed by atoms with E-state index in [0.29, 0.717) is 19.3 Å². The second kappa shape index (κ2) is 64.8. The molecule has 6 heteroatoms. The molecule has 0 spiro atoms. The van der Waals surface area contributed by atoms with Gasteiger partial charge in [0.15, 0.2) is 6.10 Å². The first-order valence-electron chi connectivity index (χ1n) is 30.9. The first kappa shape index (κ1) is 73.2. The molecule has 0 aliphatic carbocycles. The minimum absolute atomic E-state index is 0.101. The summed E-state index contributed by atoms with van der Waals surface area (Å²) in [7, 11) is 0. The van der Waals surface area contributed by atoms with Gasteiger partial charge < -0.3 is 14.2 Å². The Bertz CT molecular complexity index is 1920. The summed E-state index contributed by atoms with van der Waals surface area (Å²) < 4.78 is 16.7. The molecular formula is C73H110O6. The summed E-state index contributed by atoms with van der Waals surface area (Å²) in [5.74, 6) is -1.18. The lowest BCUT2D eigenvalue weighted by molar-refractivity contribution is -0.166. The number of unbranched alkanes of at least 4 members (excludes halogenated alkanes) is 11. The number of carbonyl (C=O) groups is 3. The van der Waals surface area contributed by atoms with Crippen molar-refractivity contribution >= 4 is 17.9 Å². The van der Waals surface area contributed by atoms with Crippen molar-refractivity contribution in [3.05, 3.63) is 194 Å². The zero-order chi connectivity index (χ0) is 57.1. The fourth-order valence-electron chi connectivity index (χ4n) is 7.63. The smallest absolute Gasteiger partial charge is 0.309 e. The molecule has 1 unspecified atom stereocenters. The number of carbonyl (C=O) groups excluding carboxylic acids is 3. The third-order valence-electron chi connectivity index (χ3n) is 12.1. The maximum Gasteiger partial charge on any atom is 0.309 e. The van der Waals surface area contributed by atoms with Crippen molar-refractivity contribution < 1.29 is 28.6 Å². The molecule has 0 rings (SSSR count). The highest BCUT2D eigenvalue weighted by atomic mass is 16.6. The summed E-state index contributed by atoms with van der Waals surface area (Å²) in [6.45, 7) is 6.13. The molecule has 0 aliphatic rings. The summed E-state index contributed by atoms with van der Waals surface area (Å²) in [6.07, 6.45) is 99.0. The van der Waals surface area contributed by atoms with Gasteiger partial charge in [-0.2, -0.15) is 0 Å². The Morgan fingerprint density at radius 2 is 0.532 bits per heavy atom. The van der Waals surface area contributed by atoms with Crippen molar-refractivity contribution in [2.24, 2.45) is 0 Å². The van der Waals surface area contributed by atoms with E-state index in [1.165, 1.54) is 57.8 Å². The SMILES string of the molecule is CC/C=C\C/C=C\C/C=C\C/C=C\C/C=C\C/C=C\CCC(=O)OC(COC(=O)C/C=C\C/C=C\C/C=C\C/C=C\C/C=C\CC)COC(=O)CCCCCCCCCCCCC/C=C\C/C=C\C/C=C\C/C=C\C/C=C\CC. The molecule has 0 aromatic carbocycles. The third-order valence-corrected chi connectivity index (χ3v) is 12.1. The normalized spacial score (nSPS) is 13.5. The van der Waals surface area contributed by atoms with Crippen molar-refractivity contribution in [1.82, 2.24) is 0 Å². The van der Waals surface area contributed by atoms with Gasteiger partial charge >= 0.3 is 17.9 Å². The monoisotopic (exact) mass is 1080 g/mol. The summed E-state index contributed by atoms with van der Waals surface area (Å²) in [6, 6.07) is 0. The fraction of sp³-hybridized carbons (Fsp3) is 0.521. The first-order chi connectivity index (χ1) is 39.0. The molecular weight excluding hydrogens is 973 g/mol. The lowest BCUT2D eigenvalue weighted by Gasteiger charge is -2.18. The highest BCUT2D eigenvalue weighted by Gasteiger charge is 2.19. The zero-order valence-corrected chi connectivity index (χ0v) is 50.0. The number of hydrogen-bond acceptors (Lipinski definition) is 6. The molecule has 0 saturated heterocycles. The Balaban J connectivity index is 4.54. The van der Waals surface area contributed by atoms with Crippen LogP contribution in [0.25, 0.3) is 0 Å². The van der Waals surface area contributed by atoms with E-state index in [1.807, 2.05) is 18.2 Å². The van der Waals surface area contributed by atoms with Gasteiger partial charge in [-0.3, -0.25) is 14.4 Å². The highest BCUT2D eigenvalue weighted by Crippen LogP contribution is 2.14. The van der Waals surface area contributed by atoms with Crippen molar-refractivity contribution in [3.63, 3.8) is 0 Å². The van der Waals surface area contributed by atoms with Gasteiger partial charge in [0.05, 0.1) is 6.42 Å². The lowest BCUT2D eigenvalue weighted by atomic mass is 10.0. The Kier molecular flexibility index (Phi) is 60.1. The van der Waals surface area contributed by atoms with Crippen LogP contribution in [0.1, 0.15) is 226 Å². The van der Waals surface area contributed by atoms with Gasteiger partial charge in [0, 0.05) is 12.8 Å². The maximum absolute atomic E-state index is 12.9. The average Bonchev–Trinajstić information content (AvgIpc) is 3.45. The van der Waals surface area contributed by atoms with Gasteiger partial charge in [-0.15, -0.1) is 0 Å². The molecule has 0 N–H and O–H groups in total. The molecule has 0 bridgehead atoms. The van der Waals surface area contributed by atoms with E-state index in [1.54, 1.807) is 6.08 Å². The van der Waals surface area contributed by atoms with Crippen LogP contribution >= 0.6 is 0 Å². The van der Waals surface area contributed by atoms with Crippen LogP contribution in [0.5, 0.6) is 0 Å². The first-order valence-corrected chi connectivity index (χ1v) is 30.9. The van der Waals surface area contributed by atoms with Gasteiger partial charge in [0.2, 0.25) is 0 Å². The molecule has 438 valence electrons. The minimum Gasteiger partial charge on any atom is -0.462 e. The average molecular weight is 1080 g/mol. The summed E-state index contributed by atoms with van der Waals surface area (Å²) in [4.78, 5) is 38.2. The number of hydrogen-bond donors (Lipinski definition) is 0. The van der Waals surface area contributed by atoms with E-state index in [9.17, 15) is 14.4 Å².